The molecule has 3 aromatic carbocycles. The molecule has 0 saturated heterocycles. The number of rotatable bonds is 5. The third kappa shape index (κ3) is 4.27. The fourth-order valence-electron chi connectivity index (χ4n) is 3.10. The van der Waals surface area contributed by atoms with Gasteiger partial charge in [-0.1, -0.05) is 6.07 Å². The van der Waals surface area contributed by atoms with Crippen LogP contribution in [0.25, 0.3) is 11.0 Å². The van der Waals surface area contributed by atoms with Crippen LogP contribution in [0.2, 0.25) is 0 Å². The number of fused-ring (bicyclic) bond motifs is 1. The summed E-state index contributed by atoms with van der Waals surface area (Å²) in [7, 11) is -4.58. The smallest absolute Gasteiger partial charge is 0.262 e. The lowest BCUT2D eigenvalue weighted by Crippen LogP contribution is -2.17. The fourth-order valence-corrected chi connectivity index (χ4v) is 4.19. The molecule has 1 heterocycles. The fraction of sp³-hybridized carbons (Fsp3) is 0.0455. The average Bonchev–Trinajstić information content (AvgIpc) is 2.77. The van der Waals surface area contributed by atoms with Gasteiger partial charge < -0.3 is 0 Å². The zero-order chi connectivity index (χ0) is 23.9. The third-order valence-electron chi connectivity index (χ3n) is 4.66. The number of hydrogen-bond acceptors (Lipinski definition) is 5. The Bertz CT molecular complexity index is 1540. The number of carbonyl (C=O) groups excluding carboxylic acids is 1. The molecule has 1 aromatic heterocycles. The predicted molar refractivity (Wildman–Crippen MR) is 111 cm³/mol. The van der Waals surface area contributed by atoms with Gasteiger partial charge in [0.05, 0.1) is 32.9 Å². The standard InChI is InChI=1S/C22H13F4N3O3S/c1-11-10-27-16-6-5-12(7-17(16)28-11)22(30)19-20(25)15(24)9-18(21(19)26)29-33(31,32)14-4-2-3-13(23)8-14/h2-10,29H,1H3. The Morgan fingerprint density at radius 2 is 1.70 bits per heavy atom. The molecule has 0 fully saturated rings. The van der Waals surface area contributed by atoms with Crippen molar-refractivity contribution in [3.05, 3.63) is 94.8 Å². The Kier molecular flexibility index (Phi) is 5.58. The van der Waals surface area contributed by atoms with Crippen molar-refractivity contribution >= 4 is 32.5 Å². The van der Waals surface area contributed by atoms with E-state index in [9.17, 15) is 26.4 Å². The first-order chi connectivity index (χ1) is 15.6. The summed E-state index contributed by atoms with van der Waals surface area (Å²) in [5.74, 6) is -7.20. The van der Waals surface area contributed by atoms with Gasteiger partial charge in [-0.3, -0.25) is 14.5 Å². The predicted octanol–water partition coefficient (Wildman–Crippen LogP) is 4.53. The number of sulfonamides is 1. The van der Waals surface area contributed by atoms with Crippen LogP contribution in [0.3, 0.4) is 0 Å². The maximum absolute atomic E-state index is 15.1. The highest BCUT2D eigenvalue weighted by atomic mass is 32.2. The van der Waals surface area contributed by atoms with E-state index in [-0.39, 0.29) is 17.1 Å². The normalized spacial score (nSPS) is 11.5. The second-order valence-electron chi connectivity index (χ2n) is 7.02. The minimum absolute atomic E-state index is 0.218. The van der Waals surface area contributed by atoms with Crippen molar-refractivity contribution in [2.24, 2.45) is 0 Å². The zero-order valence-electron chi connectivity index (χ0n) is 16.7. The minimum Gasteiger partial charge on any atom is -0.288 e. The van der Waals surface area contributed by atoms with Crippen molar-refractivity contribution in [2.75, 3.05) is 4.72 Å². The van der Waals surface area contributed by atoms with Gasteiger partial charge in [-0.15, -0.1) is 0 Å². The Morgan fingerprint density at radius 1 is 0.939 bits per heavy atom. The molecule has 0 atom stereocenters. The van der Waals surface area contributed by atoms with E-state index in [0.29, 0.717) is 17.3 Å². The summed E-state index contributed by atoms with van der Waals surface area (Å²) in [6, 6.07) is 7.89. The molecule has 0 spiro atoms. The molecule has 0 aliphatic carbocycles. The molecular formula is C22H13F4N3O3S. The lowest BCUT2D eigenvalue weighted by molar-refractivity contribution is 0.103. The van der Waals surface area contributed by atoms with Gasteiger partial charge in [-0.25, -0.2) is 31.0 Å². The topological polar surface area (TPSA) is 89.0 Å². The van der Waals surface area contributed by atoms with E-state index in [1.54, 1.807) is 11.6 Å². The number of nitrogens with zero attached hydrogens (tertiary/aromatic N) is 2. The molecule has 1 N–H and O–H groups in total. The number of benzene rings is 3. The molecular weight excluding hydrogens is 462 g/mol. The van der Waals surface area contributed by atoms with Crippen molar-refractivity contribution < 1.29 is 30.8 Å². The molecule has 0 amide bonds. The van der Waals surface area contributed by atoms with Crippen LogP contribution in [-0.2, 0) is 10.0 Å². The van der Waals surface area contributed by atoms with Gasteiger partial charge in [0, 0.05) is 17.8 Å². The Labute approximate surface area is 185 Å². The van der Waals surface area contributed by atoms with Gasteiger partial charge in [0.2, 0.25) is 0 Å². The SMILES string of the molecule is Cc1cnc2ccc(C(=O)c3c(F)c(F)cc(NS(=O)(=O)c4cccc(F)c4)c3F)cc2n1. The van der Waals surface area contributed by atoms with Crippen molar-refractivity contribution in [3.63, 3.8) is 0 Å². The van der Waals surface area contributed by atoms with Crippen molar-refractivity contribution in [3.8, 4) is 0 Å². The van der Waals surface area contributed by atoms with Crippen LogP contribution in [0, 0.1) is 30.2 Å². The summed E-state index contributed by atoms with van der Waals surface area (Å²) in [6.07, 6.45) is 1.49. The van der Waals surface area contributed by atoms with E-state index >= 15 is 4.39 Å². The van der Waals surface area contributed by atoms with Crippen LogP contribution in [0.5, 0.6) is 0 Å². The highest BCUT2D eigenvalue weighted by Gasteiger charge is 2.28. The first-order valence-corrected chi connectivity index (χ1v) is 10.8. The van der Waals surface area contributed by atoms with Crippen LogP contribution >= 0.6 is 0 Å². The molecule has 6 nitrogen and oxygen atoms in total. The molecule has 33 heavy (non-hydrogen) atoms. The van der Waals surface area contributed by atoms with E-state index in [1.165, 1.54) is 24.4 Å². The number of aromatic nitrogens is 2. The number of anilines is 1. The molecule has 0 aliphatic heterocycles. The number of nitrogens with one attached hydrogen (secondary N) is 1. The number of carbonyl (C=O) groups is 1. The van der Waals surface area contributed by atoms with Gasteiger partial charge >= 0.3 is 0 Å². The maximum atomic E-state index is 15.1. The van der Waals surface area contributed by atoms with E-state index in [1.807, 2.05) is 0 Å². The van der Waals surface area contributed by atoms with E-state index in [2.05, 4.69) is 9.97 Å². The van der Waals surface area contributed by atoms with E-state index < -0.39 is 55.2 Å². The largest absolute Gasteiger partial charge is 0.288 e. The summed E-state index contributed by atoms with van der Waals surface area (Å²) in [6.45, 7) is 1.66. The van der Waals surface area contributed by atoms with Crippen molar-refractivity contribution in [2.45, 2.75) is 11.8 Å². The zero-order valence-corrected chi connectivity index (χ0v) is 17.6. The Morgan fingerprint density at radius 3 is 2.42 bits per heavy atom. The van der Waals surface area contributed by atoms with Gasteiger partial charge in [0.25, 0.3) is 10.0 Å². The minimum atomic E-state index is -4.58. The lowest BCUT2D eigenvalue weighted by atomic mass is 10.0. The van der Waals surface area contributed by atoms with Crippen molar-refractivity contribution in [1.82, 2.24) is 9.97 Å². The summed E-state index contributed by atoms with van der Waals surface area (Å²) in [4.78, 5) is 20.6. The van der Waals surface area contributed by atoms with Gasteiger partial charge in [-0.05, 0) is 43.3 Å². The Balaban J connectivity index is 1.79. The number of halogens is 4. The highest BCUT2D eigenvalue weighted by Crippen LogP contribution is 2.29. The maximum Gasteiger partial charge on any atom is 0.262 e. The van der Waals surface area contributed by atoms with Crippen LogP contribution in [0.4, 0.5) is 23.2 Å². The molecule has 0 aliphatic rings. The lowest BCUT2D eigenvalue weighted by Gasteiger charge is -2.13. The second-order valence-corrected chi connectivity index (χ2v) is 8.70. The van der Waals surface area contributed by atoms with E-state index in [0.717, 1.165) is 18.2 Å². The number of hydrogen-bond donors (Lipinski definition) is 1. The molecule has 4 rings (SSSR count). The average molecular weight is 475 g/mol. The molecule has 168 valence electrons. The molecule has 11 heteroatoms. The van der Waals surface area contributed by atoms with Crippen LogP contribution in [0.15, 0.2) is 59.6 Å². The third-order valence-corrected chi connectivity index (χ3v) is 6.02. The number of ketones is 1. The van der Waals surface area contributed by atoms with Gasteiger partial charge in [0.15, 0.2) is 23.2 Å². The summed E-state index contributed by atoms with van der Waals surface area (Å²) < 4.78 is 83.9. The van der Waals surface area contributed by atoms with Crippen LogP contribution < -0.4 is 4.72 Å². The Hall–Kier alpha value is -3.86. The molecule has 0 unspecified atom stereocenters. The highest BCUT2D eigenvalue weighted by molar-refractivity contribution is 7.92. The van der Waals surface area contributed by atoms with Gasteiger partial charge in [-0.2, -0.15) is 0 Å². The van der Waals surface area contributed by atoms with E-state index in [4.69, 9.17) is 0 Å². The molecule has 4 aromatic rings. The first-order valence-electron chi connectivity index (χ1n) is 9.31. The summed E-state index contributed by atoms with van der Waals surface area (Å²) >= 11 is 0. The van der Waals surface area contributed by atoms with Crippen LogP contribution in [0.1, 0.15) is 21.6 Å². The molecule has 0 radical (unpaired) electrons. The first kappa shape index (κ1) is 22.3. The number of aryl methyl sites for hydroxylation is 1. The van der Waals surface area contributed by atoms with Gasteiger partial charge in [0.1, 0.15) is 5.82 Å². The summed E-state index contributed by atoms with van der Waals surface area (Å²) in [5, 5.41) is 0. The monoisotopic (exact) mass is 475 g/mol. The molecule has 0 bridgehead atoms. The quantitative estimate of drug-likeness (QED) is 0.260. The molecule has 0 saturated carbocycles. The second kappa shape index (κ2) is 8.24. The van der Waals surface area contributed by atoms with Crippen molar-refractivity contribution in [1.29, 1.82) is 0 Å². The van der Waals surface area contributed by atoms with Crippen LogP contribution in [-0.4, -0.2) is 24.2 Å². The summed E-state index contributed by atoms with van der Waals surface area (Å²) in [5.41, 5.74) is -1.31.